The Balaban J connectivity index is 1.71. The Labute approximate surface area is 154 Å². The molecule has 0 unspecified atom stereocenters. The lowest BCUT2D eigenvalue weighted by molar-refractivity contribution is -0.138. The van der Waals surface area contributed by atoms with Crippen molar-refractivity contribution in [2.45, 2.75) is 30.4 Å². The second-order valence-corrected chi connectivity index (χ2v) is 7.69. The highest BCUT2D eigenvalue weighted by Gasteiger charge is 2.43. The summed E-state index contributed by atoms with van der Waals surface area (Å²) in [6.45, 7) is 1.27. The average Bonchev–Trinajstić information content (AvgIpc) is 2.60. The first-order chi connectivity index (χ1) is 12.2. The maximum absolute atomic E-state index is 12.3. The van der Waals surface area contributed by atoms with Crippen LogP contribution in [-0.2, 0) is 21.6 Å². The van der Waals surface area contributed by atoms with Gasteiger partial charge in [-0.3, -0.25) is 4.79 Å². The van der Waals surface area contributed by atoms with Gasteiger partial charge in [-0.2, -0.15) is 13.2 Å². The molecule has 3 rings (SSSR count). The number of halogens is 3. The van der Waals surface area contributed by atoms with Crippen molar-refractivity contribution in [2.75, 3.05) is 44.4 Å². The van der Waals surface area contributed by atoms with Gasteiger partial charge in [0.05, 0.1) is 18.1 Å². The van der Waals surface area contributed by atoms with E-state index in [0.717, 1.165) is 17.7 Å². The Kier molecular flexibility index (Phi) is 5.34. The van der Waals surface area contributed by atoms with Crippen LogP contribution in [0.3, 0.4) is 0 Å². The summed E-state index contributed by atoms with van der Waals surface area (Å²) < 4.78 is 43.0. The zero-order valence-electron chi connectivity index (χ0n) is 14.7. The molecule has 2 aliphatic rings. The van der Waals surface area contributed by atoms with Gasteiger partial charge >= 0.3 is 5.51 Å². The quantitative estimate of drug-likeness (QED) is 0.789. The van der Waals surface area contributed by atoms with Gasteiger partial charge in [0.15, 0.2) is 0 Å². The predicted octanol–water partition coefficient (Wildman–Crippen LogP) is 2.19. The van der Waals surface area contributed by atoms with Crippen molar-refractivity contribution >= 4 is 23.6 Å². The number of thioether (sulfide) groups is 1. The molecule has 10 heteroatoms. The van der Waals surface area contributed by atoms with Gasteiger partial charge < -0.3 is 14.5 Å². The number of anilines is 1. The highest BCUT2D eigenvalue weighted by atomic mass is 32.2. The Morgan fingerprint density at radius 2 is 2.08 bits per heavy atom. The van der Waals surface area contributed by atoms with Crippen molar-refractivity contribution in [2.24, 2.45) is 0 Å². The molecular weight excluding hydrogens is 369 g/mol. The third kappa shape index (κ3) is 4.06. The number of carbonyl (C=O) groups excluding carboxylic acids is 1. The number of alkyl halides is 3. The summed E-state index contributed by atoms with van der Waals surface area (Å²) in [5.74, 6) is -0.482. The standard InChI is InChI=1S/C16H21F3N4O2S/c1-22(2)14-20-9-11-3-8-25-15(13(11)21-14)4-6-23(7-5-15)12(24)10-26-16(17,18)19/h9H,3-8,10H2,1-2H3. The molecule has 0 bridgehead atoms. The smallest absolute Gasteiger partial charge is 0.368 e. The number of rotatable bonds is 3. The lowest BCUT2D eigenvalue weighted by Crippen LogP contribution is -2.49. The van der Waals surface area contributed by atoms with E-state index in [9.17, 15) is 18.0 Å². The number of hydrogen-bond donors (Lipinski definition) is 0. The van der Waals surface area contributed by atoms with Crippen molar-refractivity contribution in [3.05, 3.63) is 17.5 Å². The molecule has 0 radical (unpaired) electrons. The maximum Gasteiger partial charge on any atom is 0.442 e. The summed E-state index contributed by atoms with van der Waals surface area (Å²) >= 11 is -0.292. The van der Waals surface area contributed by atoms with Crippen LogP contribution in [0, 0.1) is 0 Å². The highest BCUT2D eigenvalue weighted by molar-refractivity contribution is 8.00. The van der Waals surface area contributed by atoms with E-state index in [2.05, 4.69) is 9.97 Å². The van der Waals surface area contributed by atoms with Gasteiger partial charge in [-0.1, -0.05) is 0 Å². The van der Waals surface area contributed by atoms with Crippen LogP contribution in [0.25, 0.3) is 0 Å². The van der Waals surface area contributed by atoms with Crippen LogP contribution in [0.1, 0.15) is 24.1 Å². The third-order valence-corrected chi connectivity index (χ3v) is 5.43. The number of hydrogen-bond acceptors (Lipinski definition) is 6. The monoisotopic (exact) mass is 390 g/mol. The maximum atomic E-state index is 12.3. The molecule has 1 spiro atoms. The Morgan fingerprint density at radius 1 is 1.38 bits per heavy atom. The molecule has 144 valence electrons. The molecule has 1 amide bonds. The third-order valence-electron chi connectivity index (χ3n) is 4.72. The summed E-state index contributed by atoms with van der Waals surface area (Å²) in [4.78, 5) is 24.3. The van der Waals surface area contributed by atoms with Crippen LogP contribution < -0.4 is 4.90 Å². The summed E-state index contributed by atoms with van der Waals surface area (Å²) in [6.07, 6.45) is 3.59. The minimum absolute atomic E-state index is 0.292. The van der Waals surface area contributed by atoms with Crippen LogP contribution in [-0.4, -0.2) is 65.8 Å². The van der Waals surface area contributed by atoms with E-state index in [1.807, 2.05) is 25.2 Å². The molecule has 0 atom stereocenters. The molecule has 0 N–H and O–H groups in total. The molecule has 1 fully saturated rings. The Hall–Kier alpha value is -1.55. The summed E-state index contributed by atoms with van der Waals surface area (Å²) in [5.41, 5.74) is -3.10. The normalized spacial score (nSPS) is 19.3. The first-order valence-corrected chi connectivity index (χ1v) is 9.35. The minimum atomic E-state index is -4.39. The second-order valence-electron chi connectivity index (χ2n) is 6.65. The van der Waals surface area contributed by atoms with Crippen molar-refractivity contribution in [3.63, 3.8) is 0 Å². The fourth-order valence-corrected chi connectivity index (χ4v) is 3.82. The summed E-state index contributed by atoms with van der Waals surface area (Å²) in [5, 5.41) is 0. The second kappa shape index (κ2) is 7.22. The largest absolute Gasteiger partial charge is 0.442 e. The van der Waals surface area contributed by atoms with E-state index >= 15 is 0 Å². The number of nitrogens with zero attached hydrogens (tertiary/aromatic N) is 4. The predicted molar refractivity (Wildman–Crippen MR) is 92.0 cm³/mol. The van der Waals surface area contributed by atoms with Crippen LogP contribution >= 0.6 is 11.8 Å². The van der Waals surface area contributed by atoms with Gasteiger partial charge in [0.2, 0.25) is 11.9 Å². The van der Waals surface area contributed by atoms with Gasteiger partial charge in [-0.05, 0) is 36.6 Å². The molecule has 26 heavy (non-hydrogen) atoms. The average molecular weight is 390 g/mol. The van der Waals surface area contributed by atoms with Gasteiger partial charge in [0, 0.05) is 33.4 Å². The van der Waals surface area contributed by atoms with E-state index in [-0.39, 0.29) is 11.8 Å². The molecule has 1 saturated heterocycles. The molecule has 1 aromatic heterocycles. The van der Waals surface area contributed by atoms with Crippen LogP contribution in [0.15, 0.2) is 6.20 Å². The fraction of sp³-hybridized carbons (Fsp3) is 0.688. The van der Waals surface area contributed by atoms with Crippen molar-refractivity contribution in [1.29, 1.82) is 0 Å². The molecular formula is C16H21F3N4O2S. The molecule has 0 aliphatic carbocycles. The molecule has 0 aromatic carbocycles. The first-order valence-electron chi connectivity index (χ1n) is 8.36. The molecule has 3 heterocycles. The number of fused-ring (bicyclic) bond motifs is 2. The van der Waals surface area contributed by atoms with E-state index in [4.69, 9.17) is 4.74 Å². The summed E-state index contributed by atoms with van der Waals surface area (Å²) in [6, 6.07) is 0. The number of aromatic nitrogens is 2. The van der Waals surface area contributed by atoms with Gasteiger partial charge in [0.25, 0.3) is 0 Å². The number of piperidine rings is 1. The van der Waals surface area contributed by atoms with Crippen molar-refractivity contribution < 1.29 is 22.7 Å². The SMILES string of the molecule is CN(C)c1ncc2c(n1)C1(CCN(C(=O)CSC(F)(F)F)CC1)OCC2. The highest BCUT2D eigenvalue weighted by Crippen LogP contribution is 2.41. The topological polar surface area (TPSA) is 58.6 Å². The first kappa shape index (κ1) is 19.2. The number of carbonyl (C=O) groups is 1. The lowest BCUT2D eigenvalue weighted by atomic mass is 9.83. The van der Waals surface area contributed by atoms with Gasteiger partial charge in [0.1, 0.15) is 5.60 Å². The van der Waals surface area contributed by atoms with Crippen LogP contribution in [0.2, 0.25) is 0 Å². The molecule has 1 aromatic rings. The van der Waals surface area contributed by atoms with E-state index in [0.29, 0.717) is 38.5 Å². The van der Waals surface area contributed by atoms with Gasteiger partial charge in [-0.25, -0.2) is 9.97 Å². The van der Waals surface area contributed by atoms with E-state index in [1.165, 1.54) is 4.90 Å². The van der Waals surface area contributed by atoms with Crippen molar-refractivity contribution in [1.82, 2.24) is 14.9 Å². The van der Waals surface area contributed by atoms with E-state index in [1.54, 1.807) is 0 Å². The Morgan fingerprint density at radius 3 is 2.69 bits per heavy atom. The molecule has 0 saturated carbocycles. The lowest BCUT2D eigenvalue weighted by Gasteiger charge is -2.44. The molecule has 6 nitrogen and oxygen atoms in total. The minimum Gasteiger partial charge on any atom is -0.368 e. The molecule has 2 aliphatic heterocycles. The van der Waals surface area contributed by atoms with Crippen LogP contribution in [0.4, 0.5) is 19.1 Å². The van der Waals surface area contributed by atoms with Gasteiger partial charge in [-0.15, -0.1) is 0 Å². The van der Waals surface area contributed by atoms with E-state index < -0.39 is 22.8 Å². The summed E-state index contributed by atoms with van der Waals surface area (Å²) in [7, 11) is 3.72. The Bertz CT molecular complexity index is 676. The zero-order valence-corrected chi connectivity index (χ0v) is 15.5. The van der Waals surface area contributed by atoms with Crippen molar-refractivity contribution in [3.8, 4) is 0 Å². The number of ether oxygens (including phenoxy) is 1. The number of amides is 1. The zero-order chi connectivity index (χ0) is 18.9. The number of likely N-dealkylation sites (tertiary alicyclic amines) is 1. The fourth-order valence-electron chi connectivity index (χ4n) is 3.35. The van der Waals surface area contributed by atoms with Crippen LogP contribution in [0.5, 0.6) is 0 Å².